The summed E-state index contributed by atoms with van der Waals surface area (Å²) in [5, 5.41) is 8.99. The van der Waals surface area contributed by atoms with Gasteiger partial charge in [0.2, 0.25) is 0 Å². The average molecular weight is 168 g/mol. The third-order valence-corrected chi connectivity index (χ3v) is 1.76. The van der Waals surface area contributed by atoms with E-state index >= 15 is 0 Å². The first-order valence-corrected chi connectivity index (χ1v) is 4.11. The van der Waals surface area contributed by atoms with Gasteiger partial charge in [0.1, 0.15) is 5.82 Å². The lowest BCUT2D eigenvalue weighted by molar-refractivity contribution is 0.185. The second-order valence-corrected chi connectivity index (χ2v) is 3.01. The van der Waals surface area contributed by atoms with E-state index < -0.39 is 0 Å². The summed E-state index contributed by atoms with van der Waals surface area (Å²) < 4.78 is 12.4. The van der Waals surface area contributed by atoms with Crippen molar-refractivity contribution in [3.8, 4) is 0 Å². The molecule has 1 atom stereocenters. The molecule has 1 nitrogen and oxygen atoms in total. The molecule has 1 aromatic rings. The van der Waals surface area contributed by atoms with Crippen molar-refractivity contribution >= 4 is 0 Å². The molecule has 0 fully saturated rings. The lowest BCUT2D eigenvalue weighted by Crippen LogP contribution is -2.01. The maximum absolute atomic E-state index is 12.4. The Morgan fingerprint density at radius 3 is 2.42 bits per heavy atom. The average Bonchev–Trinajstić information content (AvgIpc) is 2.03. The van der Waals surface area contributed by atoms with E-state index in [1.54, 1.807) is 19.1 Å². The zero-order valence-corrected chi connectivity index (χ0v) is 7.13. The molecule has 0 bridgehead atoms. The van der Waals surface area contributed by atoms with Gasteiger partial charge in [0, 0.05) is 0 Å². The van der Waals surface area contributed by atoms with Crippen molar-refractivity contribution in [2.24, 2.45) is 0 Å². The summed E-state index contributed by atoms with van der Waals surface area (Å²) in [7, 11) is 0. The van der Waals surface area contributed by atoms with Gasteiger partial charge in [-0.1, -0.05) is 12.1 Å². The van der Waals surface area contributed by atoms with Crippen LogP contribution < -0.4 is 0 Å². The Hall–Kier alpha value is -0.890. The topological polar surface area (TPSA) is 20.2 Å². The quantitative estimate of drug-likeness (QED) is 0.733. The van der Waals surface area contributed by atoms with Crippen LogP contribution in [0.4, 0.5) is 4.39 Å². The van der Waals surface area contributed by atoms with Gasteiger partial charge in [0.15, 0.2) is 0 Å². The highest BCUT2D eigenvalue weighted by Gasteiger charge is 1.97. The Balaban J connectivity index is 2.48. The lowest BCUT2D eigenvalue weighted by atomic mass is 10.1. The van der Waals surface area contributed by atoms with Crippen LogP contribution in [0.25, 0.3) is 0 Å². The molecule has 66 valence electrons. The Morgan fingerprint density at radius 1 is 1.33 bits per heavy atom. The summed E-state index contributed by atoms with van der Waals surface area (Å²) in [6.07, 6.45) is 1.25. The number of hydrogen-bond donors (Lipinski definition) is 1. The molecule has 0 aliphatic rings. The Morgan fingerprint density at radius 2 is 1.92 bits per heavy atom. The molecule has 1 N–H and O–H groups in total. The third kappa shape index (κ3) is 3.01. The number of rotatable bonds is 3. The van der Waals surface area contributed by atoms with Crippen LogP contribution in [0.3, 0.4) is 0 Å². The van der Waals surface area contributed by atoms with Crippen LogP contribution in [0.15, 0.2) is 24.3 Å². The minimum atomic E-state index is -0.282. The van der Waals surface area contributed by atoms with Crippen LogP contribution in [0.5, 0.6) is 0 Å². The fraction of sp³-hybridized carbons (Fsp3) is 0.400. The predicted octanol–water partition coefficient (Wildman–Crippen LogP) is 2.14. The van der Waals surface area contributed by atoms with Gasteiger partial charge in [-0.3, -0.25) is 0 Å². The van der Waals surface area contributed by atoms with Gasteiger partial charge in [-0.15, -0.1) is 0 Å². The standard InChI is InChI=1S/C10H13FO/c1-8(12)2-3-9-4-6-10(11)7-5-9/h4-8,12H,2-3H2,1H3. The Kier molecular flexibility index (Phi) is 3.23. The van der Waals surface area contributed by atoms with Crippen molar-refractivity contribution in [3.63, 3.8) is 0 Å². The second kappa shape index (κ2) is 4.21. The lowest BCUT2D eigenvalue weighted by Gasteiger charge is -2.03. The van der Waals surface area contributed by atoms with Crippen molar-refractivity contribution in [2.45, 2.75) is 25.9 Å². The summed E-state index contributed by atoms with van der Waals surface area (Å²) in [6, 6.07) is 6.38. The first-order valence-electron chi connectivity index (χ1n) is 4.11. The molecule has 0 radical (unpaired) electrons. The maximum Gasteiger partial charge on any atom is 0.123 e. The van der Waals surface area contributed by atoms with Gasteiger partial charge in [0.05, 0.1) is 6.10 Å². The molecule has 0 aliphatic heterocycles. The molecule has 0 heterocycles. The van der Waals surface area contributed by atoms with E-state index in [1.807, 2.05) is 0 Å². The predicted molar refractivity (Wildman–Crippen MR) is 46.4 cm³/mol. The zero-order valence-electron chi connectivity index (χ0n) is 7.13. The first kappa shape index (κ1) is 9.20. The van der Waals surface area contributed by atoms with Gasteiger partial charge in [-0.25, -0.2) is 4.39 Å². The Labute approximate surface area is 71.9 Å². The normalized spacial score (nSPS) is 12.9. The Bertz CT molecular complexity index is 228. The number of hydrogen-bond acceptors (Lipinski definition) is 1. The molecule has 1 rings (SSSR count). The smallest absolute Gasteiger partial charge is 0.123 e. The van der Waals surface area contributed by atoms with Crippen LogP contribution in [0, 0.1) is 5.82 Å². The fourth-order valence-electron chi connectivity index (χ4n) is 1.03. The molecular weight excluding hydrogens is 155 g/mol. The highest BCUT2D eigenvalue weighted by molar-refractivity contribution is 5.16. The number of halogens is 1. The number of benzene rings is 1. The fourth-order valence-corrected chi connectivity index (χ4v) is 1.03. The first-order chi connectivity index (χ1) is 5.68. The van der Waals surface area contributed by atoms with Crippen molar-refractivity contribution in [1.82, 2.24) is 0 Å². The summed E-state index contributed by atoms with van der Waals surface area (Å²) in [4.78, 5) is 0. The minimum Gasteiger partial charge on any atom is -0.393 e. The van der Waals surface area contributed by atoms with Gasteiger partial charge < -0.3 is 5.11 Å². The molecule has 1 aromatic carbocycles. The zero-order chi connectivity index (χ0) is 8.97. The highest BCUT2D eigenvalue weighted by Crippen LogP contribution is 2.06. The van der Waals surface area contributed by atoms with E-state index in [-0.39, 0.29) is 11.9 Å². The van der Waals surface area contributed by atoms with Crippen LogP contribution >= 0.6 is 0 Å². The summed E-state index contributed by atoms with van der Waals surface area (Å²) in [5.74, 6) is -0.212. The van der Waals surface area contributed by atoms with Gasteiger partial charge in [-0.05, 0) is 37.5 Å². The minimum absolute atomic E-state index is 0.212. The number of aliphatic hydroxyl groups excluding tert-OH is 1. The van der Waals surface area contributed by atoms with Crippen LogP contribution in [0.2, 0.25) is 0 Å². The summed E-state index contributed by atoms with van der Waals surface area (Å²) in [5.41, 5.74) is 1.07. The SMILES string of the molecule is CC(O)CCc1ccc(F)cc1. The van der Waals surface area contributed by atoms with Crippen molar-refractivity contribution < 1.29 is 9.50 Å². The van der Waals surface area contributed by atoms with E-state index in [9.17, 15) is 4.39 Å². The number of aryl methyl sites for hydroxylation is 1. The van der Waals surface area contributed by atoms with E-state index in [2.05, 4.69) is 0 Å². The van der Waals surface area contributed by atoms with Gasteiger partial charge in [0.25, 0.3) is 0 Å². The van der Waals surface area contributed by atoms with E-state index in [1.165, 1.54) is 12.1 Å². The molecule has 0 aliphatic carbocycles. The van der Waals surface area contributed by atoms with E-state index in [0.29, 0.717) is 0 Å². The van der Waals surface area contributed by atoms with E-state index in [0.717, 1.165) is 18.4 Å². The maximum atomic E-state index is 12.4. The largest absolute Gasteiger partial charge is 0.393 e. The van der Waals surface area contributed by atoms with Crippen LogP contribution in [-0.2, 0) is 6.42 Å². The highest BCUT2D eigenvalue weighted by atomic mass is 19.1. The molecule has 0 saturated heterocycles. The molecule has 12 heavy (non-hydrogen) atoms. The molecule has 0 spiro atoms. The van der Waals surface area contributed by atoms with Crippen molar-refractivity contribution in [1.29, 1.82) is 0 Å². The summed E-state index contributed by atoms with van der Waals surface area (Å²) in [6.45, 7) is 1.75. The van der Waals surface area contributed by atoms with Crippen LogP contribution in [-0.4, -0.2) is 11.2 Å². The number of aliphatic hydroxyl groups is 1. The molecule has 0 amide bonds. The molecule has 1 unspecified atom stereocenters. The molecule has 0 saturated carbocycles. The monoisotopic (exact) mass is 168 g/mol. The molecular formula is C10H13FO. The van der Waals surface area contributed by atoms with Gasteiger partial charge in [-0.2, -0.15) is 0 Å². The van der Waals surface area contributed by atoms with Gasteiger partial charge >= 0.3 is 0 Å². The molecule has 0 aromatic heterocycles. The second-order valence-electron chi connectivity index (χ2n) is 3.01. The third-order valence-electron chi connectivity index (χ3n) is 1.76. The molecule has 2 heteroatoms. The summed E-state index contributed by atoms with van der Waals surface area (Å²) >= 11 is 0. The van der Waals surface area contributed by atoms with E-state index in [4.69, 9.17) is 5.11 Å². The van der Waals surface area contributed by atoms with Crippen LogP contribution in [0.1, 0.15) is 18.9 Å². The van der Waals surface area contributed by atoms with Crippen molar-refractivity contribution in [2.75, 3.05) is 0 Å². The van der Waals surface area contributed by atoms with Crippen molar-refractivity contribution in [3.05, 3.63) is 35.6 Å².